The molecule has 0 saturated carbocycles. The predicted molar refractivity (Wildman–Crippen MR) is 175 cm³/mol. The second-order valence-corrected chi connectivity index (χ2v) is 9.79. The van der Waals surface area contributed by atoms with Crippen LogP contribution in [0.25, 0.3) is 89.7 Å². The fourth-order valence-electron chi connectivity index (χ4n) is 5.59. The van der Waals surface area contributed by atoms with Crippen LogP contribution < -0.4 is 0 Å². The van der Waals surface area contributed by atoms with Gasteiger partial charge in [-0.3, -0.25) is 0 Å². The lowest BCUT2D eigenvalue weighted by Crippen LogP contribution is -1.82. The van der Waals surface area contributed by atoms with Gasteiger partial charge in [0.25, 0.3) is 0 Å². The summed E-state index contributed by atoms with van der Waals surface area (Å²) in [5.41, 5.74) is 6.45. The van der Waals surface area contributed by atoms with E-state index in [1.54, 1.807) is 0 Å². The third-order valence-corrected chi connectivity index (χ3v) is 7.46. The van der Waals surface area contributed by atoms with E-state index in [9.17, 15) is 0 Å². The zero-order valence-corrected chi connectivity index (χ0v) is 21.9. The normalized spacial score (nSPS) is 11.2. The molecule has 0 atom stereocenters. The average molecular weight is 583 g/mol. The van der Waals surface area contributed by atoms with Gasteiger partial charge in [-0.15, -0.1) is 0 Å². The number of hydrogen-bond acceptors (Lipinski definition) is 6. The molecule has 10 nitrogen and oxygen atoms in total. The van der Waals surface area contributed by atoms with Gasteiger partial charge in [0.1, 0.15) is 22.6 Å². The van der Waals surface area contributed by atoms with Crippen molar-refractivity contribution in [3.63, 3.8) is 0 Å². The van der Waals surface area contributed by atoms with Crippen LogP contribution in [0, 0.1) is 0 Å². The van der Waals surface area contributed by atoms with Crippen molar-refractivity contribution < 1.29 is 11.0 Å². The largest absolute Gasteiger partial charge is 0.412 e. The van der Waals surface area contributed by atoms with Crippen molar-refractivity contribution in [3.8, 4) is 45.6 Å². The Morgan fingerprint density at radius 1 is 0.326 bits per heavy atom. The Morgan fingerprint density at radius 3 is 0.814 bits per heavy atom. The Hall–Kier alpha value is -5.62. The molecule has 210 valence electrons. The minimum atomic E-state index is 0. The fourth-order valence-corrected chi connectivity index (χ4v) is 5.59. The average Bonchev–Trinajstić information content (AvgIpc) is 3.73. The number of H-pyrrole nitrogens is 2. The maximum Gasteiger partial charge on any atom is 0.164 e. The zero-order valence-electron chi connectivity index (χ0n) is 21.9. The fraction of sp³-hybridized carbons (Fsp3) is 0. The molecule has 8 bridgehead atoms. The molecule has 3 aromatic heterocycles. The van der Waals surface area contributed by atoms with E-state index >= 15 is 0 Å². The highest BCUT2D eigenvalue weighted by Crippen LogP contribution is 2.36. The molecule has 0 unspecified atom stereocenters. The molecule has 6 N–H and O–H groups in total. The Bertz CT molecular complexity index is 2050. The number of aromatic amines is 2. The summed E-state index contributed by atoms with van der Waals surface area (Å²) in [6.45, 7) is 0. The van der Waals surface area contributed by atoms with Crippen molar-refractivity contribution >= 4 is 55.1 Å². The number of hydrogen-bond donors (Lipinski definition) is 2. The molecule has 4 aromatic carbocycles. The molecule has 0 saturated heterocycles. The highest BCUT2D eigenvalue weighted by atomic mass is 28.1. The zero-order chi connectivity index (χ0) is 26.2. The first kappa shape index (κ1) is 27.5. The molecule has 0 fully saturated rings. The molecule has 43 heavy (non-hydrogen) atoms. The van der Waals surface area contributed by atoms with Gasteiger partial charge in [0.15, 0.2) is 23.3 Å². The SMILES string of the molecule is O.O.[SiH4].c1ccc2c(c1)-c1nc-2nc2[nH]c(nc3nc(nc4[nH]c(n1)c1ccccc41)-c1ccccc1-3)c1ccccc21. The second-order valence-electron chi connectivity index (χ2n) is 9.79. The summed E-state index contributed by atoms with van der Waals surface area (Å²) in [7, 11) is 0. The monoisotopic (exact) mass is 582 g/mol. The highest BCUT2D eigenvalue weighted by molar-refractivity contribution is 6.06. The lowest BCUT2D eigenvalue weighted by atomic mass is 10.1. The van der Waals surface area contributed by atoms with Crippen LogP contribution >= 0.6 is 0 Å². The van der Waals surface area contributed by atoms with Crippen LogP contribution in [0.15, 0.2) is 97.1 Å². The van der Waals surface area contributed by atoms with Crippen molar-refractivity contribution in [2.24, 2.45) is 0 Å². The van der Waals surface area contributed by atoms with E-state index < -0.39 is 0 Å². The molecular formula is C32H26N8O2Si. The van der Waals surface area contributed by atoms with Gasteiger partial charge < -0.3 is 20.9 Å². The molecule has 0 aliphatic carbocycles. The van der Waals surface area contributed by atoms with Gasteiger partial charge in [0, 0.05) is 43.8 Å². The summed E-state index contributed by atoms with van der Waals surface area (Å²) >= 11 is 0. The van der Waals surface area contributed by atoms with Crippen molar-refractivity contribution in [1.29, 1.82) is 0 Å². The first-order chi connectivity index (χ1) is 19.8. The highest BCUT2D eigenvalue weighted by Gasteiger charge is 2.21. The van der Waals surface area contributed by atoms with E-state index in [4.69, 9.17) is 29.9 Å². The molecular weight excluding hydrogens is 556 g/mol. The maximum absolute atomic E-state index is 5.02. The Labute approximate surface area is 248 Å². The van der Waals surface area contributed by atoms with Crippen LogP contribution in [-0.2, 0) is 0 Å². The lowest BCUT2D eigenvalue weighted by Gasteiger charge is -1.96. The van der Waals surface area contributed by atoms with Crippen LogP contribution in [0.4, 0.5) is 0 Å². The van der Waals surface area contributed by atoms with E-state index in [0.717, 1.165) is 43.8 Å². The summed E-state index contributed by atoms with van der Waals surface area (Å²) in [4.78, 5) is 36.8. The van der Waals surface area contributed by atoms with Gasteiger partial charge in [-0.25, -0.2) is 29.9 Å². The number of benzene rings is 4. The van der Waals surface area contributed by atoms with Crippen molar-refractivity contribution in [2.45, 2.75) is 0 Å². The molecule has 0 spiro atoms. The summed E-state index contributed by atoms with van der Waals surface area (Å²) in [6.07, 6.45) is 0. The number of aromatic nitrogens is 8. The Kier molecular flexibility index (Phi) is 6.62. The quantitative estimate of drug-likeness (QED) is 0.258. The van der Waals surface area contributed by atoms with Crippen LogP contribution in [0.3, 0.4) is 0 Å². The van der Waals surface area contributed by atoms with Crippen LogP contribution in [0.2, 0.25) is 0 Å². The van der Waals surface area contributed by atoms with Gasteiger partial charge in [-0.1, -0.05) is 97.1 Å². The number of nitrogens with zero attached hydrogens (tertiary/aromatic N) is 6. The summed E-state index contributed by atoms with van der Waals surface area (Å²) in [5, 5.41) is 3.82. The van der Waals surface area contributed by atoms with Crippen LogP contribution in [-0.4, -0.2) is 61.8 Å². The molecule has 2 aliphatic rings. The third-order valence-electron chi connectivity index (χ3n) is 7.46. The summed E-state index contributed by atoms with van der Waals surface area (Å²) < 4.78 is 0. The van der Waals surface area contributed by atoms with Gasteiger partial charge in [0.2, 0.25) is 0 Å². The van der Waals surface area contributed by atoms with E-state index in [1.807, 2.05) is 97.1 Å². The molecule has 7 aromatic rings. The number of rotatable bonds is 0. The first-order valence-electron chi connectivity index (χ1n) is 13.0. The number of nitrogens with one attached hydrogen (secondary N) is 2. The van der Waals surface area contributed by atoms with Crippen LogP contribution in [0.5, 0.6) is 0 Å². The molecule has 0 radical (unpaired) electrons. The molecule has 0 amide bonds. The minimum absolute atomic E-state index is 0. The lowest BCUT2D eigenvalue weighted by molar-refractivity contribution is 0.823. The molecule has 9 rings (SSSR count). The predicted octanol–water partition coefficient (Wildman–Crippen LogP) is 3.77. The minimum Gasteiger partial charge on any atom is -0.412 e. The van der Waals surface area contributed by atoms with Gasteiger partial charge >= 0.3 is 0 Å². The van der Waals surface area contributed by atoms with E-state index in [-0.39, 0.29) is 21.9 Å². The second kappa shape index (κ2) is 10.3. The van der Waals surface area contributed by atoms with Gasteiger partial charge in [0.05, 0.1) is 0 Å². The standard InChI is InChI=1S/C32H18N8.2H2O.H4Si/c1-2-10-18-17(9-1)25-33-26(18)38-28-21-13-5-6-14-22(21)30(35-28)40-32-24-16-8-7-15-23(24)31(36-32)39-29-20-12-4-3-11-19(20)27(34-29)37-25;;;/h1-16H,(H2,33,34,35,36,37,38,39,40);2*1H2;1H4. The van der Waals surface area contributed by atoms with E-state index in [1.165, 1.54) is 0 Å². The first-order valence-corrected chi connectivity index (χ1v) is 13.0. The third kappa shape index (κ3) is 4.10. The van der Waals surface area contributed by atoms with Crippen molar-refractivity contribution in [3.05, 3.63) is 97.1 Å². The van der Waals surface area contributed by atoms with Gasteiger partial charge in [-0.05, 0) is 11.0 Å². The van der Waals surface area contributed by atoms with Crippen molar-refractivity contribution in [1.82, 2.24) is 39.9 Å². The van der Waals surface area contributed by atoms with Crippen molar-refractivity contribution in [2.75, 3.05) is 0 Å². The Balaban J connectivity index is 0.00000110. The maximum atomic E-state index is 5.02. The Morgan fingerprint density at radius 2 is 0.558 bits per heavy atom. The molecule has 5 heterocycles. The smallest absolute Gasteiger partial charge is 0.164 e. The van der Waals surface area contributed by atoms with Gasteiger partial charge in [-0.2, -0.15) is 0 Å². The number of fused-ring (bicyclic) bond motifs is 20. The van der Waals surface area contributed by atoms with Crippen LogP contribution in [0.1, 0.15) is 0 Å². The summed E-state index contributed by atoms with van der Waals surface area (Å²) in [6, 6.07) is 32.2. The van der Waals surface area contributed by atoms with E-state index in [2.05, 4.69) is 9.97 Å². The summed E-state index contributed by atoms with van der Waals surface area (Å²) in [5.74, 6) is 2.39. The van der Waals surface area contributed by atoms with E-state index in [0.29, 0.717) is 45.9 Å². The molecule has 11 heteroatoms. The topological polar surface area (TPSA) is 172 Å². The molecule has 2 aliphatic heterocycles.